The van der Waals surface area contributed by atoms with Crippen molar-refractivity contribution in [1.82, 2.24) is 10.2 Å². The van der Waals surface area contributed by atoms with Crippen LogP contribution in [-0.2, 0) is 11.3 Å². The lowest BCUT2D eigenvalue weighted by molar-refractivity contribution is -0.128. The van der Waals surface area contributed by atoms with Crippen molar-refractivity contribution < 1.29 is 13.9 Å². The lowest BCUT2D eigenvalue weighted by atomic mass is 9.83. The van der Waals surface area contributed by atoms with Crippen molar-refractivity contribution in [1.29, 1.82) is 0 Å². The summed E-state index contributed by atoms with van der Waals surface area (Å²) < 4.78 is 19.6. The lowest BCUT2D eigenvalue weighted by Crippen LogP contribution is -2.48. The van der Waals surface area contributed by atoms with E-state index < -0.39 is 0 Å². The summed E-state index contributed by atoms with van der Waals surface area (Å²) in [6, 6.07) is 14.7. The first kappa shape index (κ1) is 21.8. The van der Waals surface area contributed by atoms with Crippen molar-refractivity contribution in [3.63, 3.8) is 0 Å². The summed E-state index contributed by atoms with van der Waals surface area (Å²) in [6.45, 7) is 6.77. The van der Waals surface area contributed by atoms with E-state index >= 15 is 0 Å². The molecule has 4 rings (SSSR count). The van der Waals surface area contributed by atoms with Crippen LogP contribution in [0.15, 0.2) is 48.5 Å². The third-order valence-electron chi connectivity index (χ3n) is 7.00. The summed E-state index contributed by atoms with van der Waals surface area (Å²) in [5, 5.41) is 3.36. The van der Waals surface area contributed by atoms with E-state index in [2.05, 4.69) is 30.1 Å². The summed E-state index contributed by atoms with van der Waals surface area (Å²) in [5.41, 5.74) is 1.93. The minimum absolute atomic E-state index is 0.0233. The molecule has 2 aromatic carbocycles. The molecule has 1 saturated heterocycles. The molecule has 0 saturated carbocycles. The van der Waals surface area contributed by atoms with Gasteiger partial charge in [-0.25, -0.2) is 4.39 Å². The van der Waals surface area contributed by atoms with Crippen LogP contribution in [0.3, 0.4) is 0 Å². The largest absolute Gasteiger partial charge is 0.487 e. The number of piperidine rings is 1. The number of benzene rings is 2. The van der Waals surface area contributed by atoms with Gasteiger partial charge in [-0.15, -0.1) is 0 Å². The van der Waals surface area contributed by atoms with Crippen LogP contribution < -0.4 is 10.1 Å². The maximum absolute atomic E-state index is 13.3. The highest BCUT2D eigenvalue weighted by molar-refractivity contribution is 5.79. The molecule has 0 radical (unpaired) electrons. The maximum atomic E-state index is 13.3. The molecule has 2 heterocycles. The number of carbonyl (C=O) groups excluding carboxylic acids is 1. The molecule has 1 N–H and O–H groups in total. The molecule has 2 aliphatic rings. The van der Waals surface area contributed by atoms with Crippen LogP contribution in [0.25, 0.3) is 0 Å². The molecule has 0 unspecified atom stereocenters. The van der Waals surface area contributed by atoms with Gasteiger partial charge in [0.05, 0.1) is 12.0 Å². The van der Waals surface area contributed by atoms with Gasteiger partial charge in [0.2, 0.25) is 5.91 Å². The van der Waals surface area contributed by atoms with Gasteiger partial charge in [0.1, 0.15) is 17.2 Å². The number of nitrogens with one attached hydrogen (secondary N) is 1. The highest BCUT2D eigenvalue weighted by Gasteiger charge is 2.39. The zero-order chi connectivity index (χ0) is 21.8. The number of ether oxygens (including phenoxy) is 1. The number of nitrogens with zero attached hydrogens (tertiary/aromatic N) is 1. The van der Waals surface area contributed by atoms with Crippen LogP contribution in [0, 0.1) is 11.7 Å². The van der Waals surface area contributed by atoms with Crippen LogP contribution in [0.1, 0.15) is 63.1 Å². The number of fused-ring (bicyclic) bond motifs is 1. The van der Waals surface area contributed by atoms with Gasteiger partial charge in [-0.3, -0.25) is 9.69 Å². The molecule has 5 heteroatoms. The van der Waals surface area contributed by atoms with Gasteiger partial charge in [-0.1, -0.05) is 44.2 Å². The Labute approximate surface area is 184 Å². The fraction of sp³-hybridized carbons (Fsp3) is 0.500. The number of halogens is 1. The normalized spacial score (nSPS) is 22.9. The molecular formula is C26H33FN2O2. The van der Waals surface area contributed by atoms with Crippen molar-refractivity contribution in [2.24, 2.45) is 5.92 Å². The Hall–Kier alpha value is -2.40. The summed E-state index contributed by atoms with van der Waals surface area (Å²) in [6.07, 6.45) is 4.54. The number of hydrogen-bond donors (Lipinski definition) is 1. The molecule has 2 atom stereocenters. The van der Waals surface area contributed by atoms with Crippen LogP contribution in [-0.4, -0.2) is 29.5 Å². The Morgan fingerprint density at radius 3 is 2.65 bits per heavy atom. The van der Waals surface area contributed by atoms with Gasteiger partial charge < -0.3 is 10.1 Å². The predicted molar refractivity (Wildman–Crippen MR) is 120 cm³/mol. The minimum atomic E-state index is -0.229. The third kappa shape index (κ3) is 4.93. The second kappa shape index (κ2) is 9.39. The average Bonchev–Trinajstić information content (AvgIpc) is 2.80. The zero-order valence-electron chi connectivity index (χ0n) is 18.6. The van der Waals surface area contributed by atoms with Crippen molar-refractivity contribution in [2.75, 3.05) is 13.1 Å². The third-order valence-corrected chi connectivity index (χ3v) is 7.00. The van der Waals surface area contributed by atoms with Crippen LogP contribution in [0.2, 0.25) is 0 Å². The summed E-state index contributed by atoms with van der Waals surface area (Å²) in [4.78, 5) is 15.6. The van der Waals surface area contributed by atoms with E-state index in [1.807, 2.05) is 30.3 Å². The molecule has 0 aliphatic carbocycles. The van der Waals surface area contributed by atoms with E-state index in [1.165, 1.54) is 12.1 Å². The molecule has 1 fully saturated rings. The van der Waals surface area contributed by atoms with Crippen LogP contribution in [0.5, 0.6) is 5.75 Å². The fourth-order valence-electron chi connectivity index (χ4n) is 4.98. The van der Waals surface area contributed by atoms with Crippen molar-refractivity contribution in [3.05, 3.63) is 65.5 Å². The Kier molecular flexibility index (Phi) is 6.61. The lowest BCUT2D eigenvalue weighted by Gasteiger charge is -2.42. The monoisotopic (exact) mass is 424 g/mol. The predicted octanol–water partition coefficient (Wildman–Crippen LogP) is 5.24. The van der Waals surface area contributed by atoms with Crippen molar-refractivity contribution in [3.8, 4) is 5.75 Å². The highest BCUT2D eigenvalue weighted by Crippen LogP contribution is 2.42. The van der Waals surface area contributed by atoms with E-state index in [0.717, 1.165) is 68.6 Å². The SMILES string of the molecule is CCC1(CC)C[C@@H](NC(=O)[C@H]2CCCN(Cc3ccc(F)cc3)C2)c2ccccc2O1. The van der Waals surface area contributed by atoms with Gasteiger partial charge in [-0.2, -0.15) is 0 Å². The number of likely N-dealkylation sites (tertiary alicyclic amines) is 1. The Morgan fingerprint density at radius 2 is 1.90 bits per heavy atom. The van der Waals surface area contributed by atoms with E-state index in [0.29, 0.717) is 0 Å². The van der Waals surface area contributed by atoms with E-state index in [4.69, 9.17) is 4.74 Å². The quantitative estimate of drug-likeness (QED) is 0.690. The molecule has 31 heavy (non-hydrogen) atoms. The topological polar surface area (TPSA) is 41.6 Å². The highest BCUT2D eigenvalue weighted by atomic mass is 19.1. The molecule has 2 aliphatic heterocycles. The first-order valence-corrected chi connectivity index (χ1v) is 11.6. The molecule has 0 aromatic heterocycles. The summed E-state index contributed by atoms with van der Waals surface area (Å²) in [7, 11) is 0. The van der Waals surface area contributed by atoms with Gasteiger partial charge in [0, 0.05) is 25.1 Å². The van der Waals surface area contributed by atoms with Gasteiger partial charge in [-0.05, 0) is 56.0 Å². The minimum Gasteiger partial charge on any atom is -0.487 e. The van der Waals surface area contributed by atoms with E-state index in [1.54, 1.807) is 0 Å². The van der Waals surface area contributed by atoms with Crippen molar-refractivity contribution >= 4 is 5.91 Å². The molecule has 2 aromatic rings. The van der Waals surface area contributed by atoms with E-state index in [9.17, 15) is 9.18 Å². The first-order chi connectivity index (χ1) is 15.0. The summed E-state index contributed by atoms with van der Waals surface area (Å²) in [5.74, 6) is 0.782. The number of rotatable bonds is 6. The van der Waals surface area contributed by atoms with Crippen molar-refractivity contribution in [2.45, 2.75) is 64.1 Å². The fourth-order valence-corrected chi connectivity index (χ4v) is 4.98. The van der Waals surface area contributed by atoms with Crippen LogP contribution >= 0.6 is 0 Å². The zero-order valence-corrected chi connectivity index (χ0v) is 18.6. The van der Waals surface area contributed by atoms with Gasteiger partial charge >= 0.3 is 0 Å². The molecular weight excluding hydrogens is 391 g/mol. The number of carbonyl (C=O) groups is 1. The molecule has 4 nitrogen and oxygen atoms in total. The smallest absolute Gasteiger partial charge is 0.224 e. The average molecular weight is 425 g/mol. The Balaban J connectivity index is 1.43. The Morgan fingerprint density at radius 1 is 1.16 bits per heavy atom. The second-order valence-corrected chi connectivity index (χ2v) is 9.00. The summed E-state index contributed by atoms with van der Waals surface area (Å²) >= 11 is 0. The number of para-hydroxylation sites is 1. The first-order valence-electron chi connectivity index (χ1n) is 11.6. The van der Waals surface area contributed by atoms with Gasteiger partial charge in [0.15, 0.2) is 0 Å². The molecule has 166 valence electrons. The molecule has 0 spiro atoms. The van der Waals surface area contributed by atoms with Gasteiger partial charge in [0.25, 0.3) is 0 Å². The van der Waals surface area contributed by atoms with Crippen LogP contribution in [0.4, 0.5) is 4.39 Å². The number of amides is 1. The number of hydrogen-bond acceptors (Lipinski definition) is 3. The Bertz CT molecular complexity index is 895. The van der Waals surface area contributed by atoms with E-state index in [-0.39, 0.29) is 29.3 Å². The second-order valence-electron chi connectivity index (χ2n) is 9.00. The standard InChI is InChI=1S/C26H33FN2O2/c1-3-26(4-2)16-23(22-9-5-6-10-24(22)31-26)28-25(30)20-8-7-15-29(18-20)17-19-11-13-21(27)14-12-19/h5-6,9-14,20,23H,3-4,7-8,15-18H2,1-2H3,(H,28,30)/t20-,23+/m0/s1. The molecule has 0 bridgehead atoms. The molecule has 1 amide bonds. The maximum Gasteiger partial charge on any atom is 0.224 e.